The van der Waals surface area contributed by atoms with Crippen LogP contribution in [0.15, 0.2) is 23.1 Å². The highest BCUT2D eigenvalue weighted by Crippen LogP contribution is 2.37. The van der Waals surface area contributed by atoms with Crippen LogP contribution in [0.1, 0.15) is 32.1 Å². The molecule has 2 aromatic heterocycles. The molecule has 0 fully saturated rings. The molecule has 7 heteroatoms. The van der Waals surface area contributed by atoms with Gasteiger partial charge in [-0.2, -0.15) is 0 Å². The van der Waals surface area contributed by atoms with Gasteiger partial charge >= 0.3 is 0 Å². The lowest BCUT2D eigenvalue weighted by atomic mass is 10.1. The predicted octanol–water partition coefficient (Wildman–Crippen LogP) is 5.52. The number of benzene rings is 1. The smallest absolute Gasteiger partial charge is 0.263 e. The number of rotatable bonds is 4. The van der Waals surface area contributed by atoms with Crippen LogP contribution in [0.3, 0.4) is 0 Å². The Morgan fingerprint density at radius 1 is 0.885 bits per heavy atom. The fraction of sp³-hybridized carbons (Fsp3) is 0.316. The number of anilines is 1. The predicted molar refractivity (Wildman–Crippen MR) is 111 cm³/mol. The van der Waals surface area contributed by atoms with E-state index in [-0.39, 0.29) is 0 Å². The second kappa shape index (κ2) is 6.79. The lowest BCUT2D eigenvalue weighted by Crippen LogP contribution is -2.15. The van der Waals surface area contributed by atoms with Crippen LogP contribution in [0.4, 0.5) is 5.69 Å². The molecule has 3 aromatic rings. The zero-order chi connectivity index (χ0) is 19.2. The molecule has 0 unspecified atom stereocenters. The summed E-state index contributed by atoms with van der Waals surface area (Å²) in [5.74, 6) is 0. The van der Waals surface area contributed by atoms with Gasteiger partial charge in [-0.15, -0.1) is 22.7 Å². The van der Waals surface area contributed by atoms with E-state index in [9.17, 15) is 8.42 Å². The van der Waals surface area contributed by atoms with Gasteiger partial charge in [0.2, 0.25) is 0 Å². The van der Waals surface area contributed by atoms with Gasteiger partial charge in [0.1, 0.15) is 9.90 Å². The first-order valence-electron chi connectivity index (χ1n) is 8.24. The normalized spacial score (nSPS) is 11.8. The standard InChI is InChI=1S/C19H22N2O2S3/c1-10-7-11(2)18(12(3)8-10)21-26(22,23)17-9-16(24-15(17)6)19-20-13(4)14(5)25-19/h7-9,21H,1-6H3. The second-order valence-corrected chi connectivity index (χ2v) is 10.7. The number of aryl methyl sites for hydroxylation is 6. The molecule has 0 spiro atoms. The first-order chi connectivity index (χ1) is 12.1. The summed E-state index contributed by atoms with van der Waals surface area (Å²) in [7, 11) is -3.66. The summed E-state index contributed by atoms with van der Waals surface area (Å²) in [4.78, 5) is 7.68. The molecule has 0 aliphatic heterocycles. The first kappa shape index (κ1) is 19.1. The van der Waals surface area contributed by atoms with Crippen molar-refractivity contribution in [2.75, 3.05) is 4.72 Å². The van der Waals surface area contributed by atoms with E-state index in [0.29, 0.717) is 10.6 Å². The lowest BCUT2D eigenvalue weighted by molar-refractivity contribution is 0.601. The third kappa shape index (κ3) is 3.56. The summed E-state index contributed by atoms with van der Waals surface area (Å²) in [6, 6.07) is 5.70. The van der Waals surface area contributed by atoms with Gasteiger partial charge in [-0.3, -0.25) is 4.72 Å². The summed E-state index contributed by atoms with van der Waals surface area (Å²) in [6.07, 6.45) is 0. The quantitative estimate of drug-likeness (QED) is 0.620. The van der Waals surface area contributed by atoms with Crippen molar-refractivity contribution in [3.8, 4) is 9.88 Å². The molecule has 1 aromatic carbocycles. The maximum absolute atomic E-state index is 13.0. The van der Waals surface area contributed by atoms with Gasteiger partial charge in [-0.1, -0.05) is 17.7 Å². The van der Waals surface area contributed by atoms with Crippen molar-refractivity contribution in [3.05, 3.63) is 50.3 Å². The number of sulfonamides is 1. The molecule has 26 heavy (non-hydrogen) atoms. The topological polar surface area (TPSA) is 59.1 Å². The summed E-state index contributed by atoms with van der Waals surface area (Å²) >= 11 is 3.06. The third-order valence-corrected chi connectivity index (χ3v) is 8.21. The fourth-order valence-corrected chi connectivity index (χ4v) is 6.70. The van der Waals surface area contributed by atoms with Crippen LogP contribution >= 0.6 is 22.7 Å². The minimum absolute atomic E-state index is 0.322. The van der Waals surface area contributed by atoms with Gasteiger partial charge in [0.05, 0.1) is 16.3 Å². The van der Waals surface area contributed by atoms with Crippen molar-refractivity contribution in [3.63, 3.8) is 0 Å². The molecule has 0 bridgehead atoms. The highest BCUT2D eigenvalue weighted by molar-refractivity contribution is 7.93. The van der Waals surface area contributed by atoms with E-state index in [0.717, 1.165) is 42.0 Å². The molecule has 4 nitrogen and oxygen atoms in total. The zero-order valence-electron chi connectivity index (χ0n) is 15.7. The molecule has 0 radical (unpaired) electrons. The van der Waals surface area contributed by atoms with Crippen LogP contribution in [-0.2, 0) is 10.0 Å². The Labute approximate surface area is 163 Å². The van der Waals surface area contributed by atoms with E-state index in [1.807, 2.05) is 53.7 Å². The van der Waals surface area contributed by atoms with Crippen molar-refractivity contribution in [1.29, 1.82) is 0 Å². The monoisotopic (exact) mass is 406 g/mol. The molecule has 0 atom stereocenters. The molecule has 0 saturated heterocycles. The molecular formula is C19H22N2O2S3. The van der Waals surface area contributed by atoms with E-state index in [4.69, 9.17) is 0 Å². The Morgan fingerprint density at radius 2 is 1.50 bits per heavy atom. The molecule has 0 aliphatic rings. The molecule has 0 aliphatic carbocycles. The fourth-order valence-electron chi connectivity index (χ4n) is 2.95. The van der Waals surface area contributed by atoms with Gasteiger partial charge in [-0.05, 0) is 58.7 Å². The Hall–Kier alpha value is -1.70. The summed E-state index contributed by atoms with van der Waals surface area (Å²) in [5, 5.41) is 0.872. The van der Waals surface area contributed by atoms with Crippen molar-refractivity contribution in [1.82, 2.24) is 4.98 Å². The molecule has 3 rings (SSSR count). The minimum Gasteiger partial charge on any atom is -0.279 e. The van der Waals surface area contributed by atoms with Gasteiger partial charge in [0.15, 0.2) is 0 Å². The molecule has 0 saturated carbocycles. The van der Waals surface area contributed by atoms with E-state index < -0.39 is 10.0 Å². The average Bonchev–Trinajstić information content (AvgIpc) is 3.07. The number of aromatic nitrogens is 1. The van der Waals surface area contributed by atoms with E-state index in [1.165, 1.54) is 11.3 Å². The number of nitrogens with one attached hydrogen (secondary N) is 1. The zero-order valence-corrected chi connectivity index (χ0v) is 18.2. The van der Waals surface area contributed by atoms with E-state index in [1.54, 1.807) is 17.4 Å². The Bertz CT molecular complexity index is 1050. The van der Waals surface area contributed by atoms with Crippen LogP contribution < -0.4 is 4.72 Å². The Balaban J connectivity index is 2.01. The van der Waals surface area contributed by atoms with Crippen LogP contribution in [0, 0.1) is 41.5 Å². The van der Waals surface area contributed by atoms with Crippen molar-refractivity contribution in [2.24, 2.45) is 0 Å². The highest BCUT2D eigenvalue weighted by atomic mass is 32.2. The number of thiazole rings is 1. The van der Waals surface area contributed by atoms with E-state index >= 15 is 0 Å². The Morgan fingerprint density at radius 3 is 2.04 bits per heavy atom. The Kier molecular flexibility index (Phi) is 4.98. The maximum Gasteiger partial charge on any atom is 0.263 e. The van der Waals surface area contributed by atoms with Gasteiger partial charge in [-0.25, -0.2) is 13.4 Å². The summed E-state index contributed by atoms with van der Waals surface area (Å²) in [6.45, 7) is 11.7. The number of hydrogen-bond donors (Lipinski definition) is 1. The lowest BCUT2D eigenvalue weighted by Gasteiger charge is -2.14. The molecule has 1 N–H and O–H groups in total. The van der Waals surface area contributed by atoms with Gasteiger partial charge < -0.3 is 0 Å². The molecule has 138 valence electrons. The van der Waals surface area contributed by atoms with Crippen LogP contribution in [0.25, 0.3) is 9.88 Å². The maximum atomic E-state index is 13.0. The minimum atomic E-state index is -3.66. The largest absolute Gasteiger partial charge is 0.279 e. The number of nitrogens with zero attached hydrogens (tertiary/aromatic N) is 1. The van der Waals surface area contributed by atoms with Crippen molar-refractivity contribution in [2.45, 2.75) is 46.4 Å². The third-order valence-electron chi connectivity index (χ3n) is 4.31. The highest BCUT2D eigenvalue weighted by Gasteiger charge is 2.23. The van der Waals surface area contributed by atoms with Crippen molar-refractivity contribution < 1.29 is 8.42 Å². The van der Waals surface area contributed by atoms with Crippen LogP contribution in [-0.4, -0.2) is 13.4 Å². The molecular weight excluding hydrogens is 384 g/mol. The summed E-state index contributed by atoms with van der Waals surface area (Å²) < 4.78 is 28.8. The second-order valence-electron chi connectivity index (χ2n) is 6.57. The molecule has 0 amide bonds. The first-order valence-corrected chi connectivity index (χ1v) is 11.4. The van der Waals surface area contributed by atoms with Crippen LogP contribution in [0.2, 0.25) is 0 Å². The molecule has 2 heterocycles. The SMILES string of the molecule is Cc1cc(C)c(NS(=O)(=O)c2cc(-c3nc(C)c(C)s3)sc2C)c(C)c1. The van der Waals surface area contributed by atoms with E-state index in [2.05, 4.69) is 9.71 Å². The van der Waals surface area contributed by atoms with Crippen LogP contribution in [0.5, 0.6) is 0 Å². The number of thiophene rings is 1. The van der Waals surface area contributed by atoms with Gasteiger partial charge in [0, 0.05) is 9.75 Å². The van der Waals surface area contributed by atoms with Crippen molar-refractivity contribution >= 4 is 38.4 Å². The van der Waals surface area contributed by atoms with Gasteiger partial charge in [0.25, 0.3) is 10.0 Å². The number of hydrogen-bond acceptors (Lipinski definition) is 5. The summed E-state index contributed by atoms with van der Waals surface area (Å²) in [5.41, 5.74) is 4.61. The average molecular weight is 407 g/mol.